The first-order chi connectivity index (χ1) is 10.2. The van der Waals surface area contributed by atoms with E-state index in [4.69, 9.17) is 4.74 Å². The number of carbonyl (C=O) groups excluding carboxylic acids is 2. The molecule has 3 rings (SSSR count). The molecule has 0 amide bonds. The van der Waals surface area contributed by atoms with Crippen LogP contribution in [-0.4, -0.2) is 18.4 Å². The van der Waals surface area contributed by atoms with E-state index in [0.29, 0.717) is 13.0 Å². The maximum atomic E-state index is 12.9. The van der Waals surface area contributed by atoms with Gasteiger partial charge in [-0.15, -0.1) is 0 Å². The quantitative estimate of drug-likeness (QED) is 0.474. The van der Waals surface area contributed by atoms with Gasteiger partial charge in [-0.25, -0.2) is 0 Å². The van der Waals surface area contributed by atoms with E-state index < -0.39 is 5.92 Å². The van der Waals surface area contributed by atoms with Crippen LogP contribution in [0.15, 0.2) is 18.2 Å². The van der Waals surface area contributed by atoms with Gasteiger partial charge in [-0.05, 0) is 26.2 Å². The first-order valence-corrected chi connectivity index (χ1v) is 7.85. The van der Waals surface area contributed by atoms with Gasteiger partial charge in [0.15, 0.2) is 5.78 Å². The Kier molecular flexibility index (Phi) is 5.52. The maximum absolute atomic E-state index is 12.9. The van der Waals surface area contributed by atoms with Crippen molar-refractivity contribution in [1.29, 1.82) is 0 Å². The van der Waals surface area contributed by atoms with Crippen LogP contribution in [0, 0.1) is 17.4 Å². The summed E-state index contributed by atoms with van der Waals surface area (Å²) in [6.45, 7) is 2.12. The molecule has 0 saturated heterocycles. The number of ether oxygens (including phenoxy) is 1. The monoisotopic (exact) mass is 336 g/mol. The summed E-state index contributed by atoms with van der Waals surface area (Å²) in [7, 11) is 0. The predicted octanol–water partition coefficient (Wildman–Crippen LogP) is 2.89. The minimum Gasteiger partial charge on any atom is -0.465 e. The Labute approximate surface area is 143 Å². The summed E-state index contributed by atoms with van der Waals surface area (Å²) < 4.78 is 5.06. The smallest absolute Gasteiger partial charge is 0.316 e. The number of aryl methyl sites for hydroxylation is 1. The summed E-state index contributed by atoms with van der Waals surface area (Å²) in [5, 5.41) is 0. The van der Waals surface area contributed by atoms with Gasteiger partial charge in [-0.2, -0.15) is 35.4 Å². The van der Waals surface area contributed by atoms with Crippen LogP contribution >= 0.6 is 0 Å². The number of ketones is 1. The van der Waals surface area contributed by atoms with Crippen molar-refractivity contribution >= 4 is 11.8 Å². The summed E-state index contributed by atoms with van der Waals surface area (Å²) in [5.41, 5.74) is 2.21. The molecule has 4 heteroatoms. The fourth-order valence-electron chi connectivity index (χ4n) is 3.91. The fraction of sp³-hybridized carbons (Fsp3) is 0.556. The molecular weight excluding hydrogens is 315 g/mol. The molecule has 1 aromatic carbocycles. The molecule has 1 spiro atoms. The van der Waals surface area contributed by atoms with Gasteiger partial charge in [0.05, 0.1) is 6.61 Å². The molecule has 1 aromatic rings. The van der Waals surface area contributed by atoms with Gasteiger partial charge in [0, 0.05) is 24.0 Å². The molecule has 0 aromatic heterocycles. The van der Waals surface area contributed by atoms with E-state index in [1.54, 1.807) is 6.92 Å². The van der Waals surface area contributed by atoms with Crippen molar-refractivity contribution < 1.29 is 32.9 Å². The molecule has 117 valence electrons. The minimum atomic E-state index is -0.542. The first-order valence-electron chi connectivity index (χ1n) is 7.85. The van der Waals surface area contributed by atoms with E-state index in [2.05, 4.69) is 12.1 Å². The molecule has 0 bridgehead atoms. The van der Waals surface area contributed by atoms with Crippen LogP contribution in [0.4, 0.5) is 0 Å². The Bertz CT molecular complexity index is 569. The number of esters is 1. The number of rotatable bonds is 2. The van der Waals surface area contributed by atoms with Crippen LogP contribution in [0.2, 0.25) is 0 Å². The Balaban J connectivity index is 0.00000176. The number of fused-ring (bicyclic) bond motifs is 1. The molecule has 2 aliphatic carbocycles. The van der Waals surface area contributed by atoms with Crippen molar-refractivity contribution in [1.82, 2.24) is 0 Å². The van der Waals surface area contributed by atoms with Crippen LogP contribution in [0.5, 0.6) is 0 Å². The van der Waals surface area contributed by atoms with Gasteiger partial charge >= 0.3 is 5.97 Å². The van der Waals surface area contributed by atoms with Crippen LogP contribution in [-0.2, 0) is 45.7 Å². The van der Waals surface area contributed by atoms with Crippen LogP contribution in [0.25, 0.3) is 0 Å². The number of hydrogen-bond acceptors (Lipinski definition) is 3. The first kappa shape index (κ1) is 17.3. The van der Waals surface area contributed by atoms with Crippen molar-refractivity contribution in [3.8, 4) is 0 Å². The standard InChI is InChI=1S/C18H21O3.V/c1-2-21-17(20)15-9-11-18(16(15)19)10-5-8-13-6-3-4-7-14(13)12-18;/h3,6-7,15H,2,5,8-12H2,1H3;/q-1;. The van der Waals surface area contributed by atoms with E-state index >= 15 is 0 Å². The van der Waals surface area contributed by atoms with Gasteiger partial charge in [0.1, 0.15) is 5.92 Å². The van der Waals surface area contributed by atoms with Gasteiger partial charge in [-0.3, -0.25) is 9.59 Å². The van der Waals surface area contributed by atoms with E-state index in [1.165, 1.54) is 11.1 Å². The molecular formula is C18H21O3V-. The second-order valence-corrected chi connectivity index (χ2v) is 6.21. The molecule has 0 aliphatic heterocycles. The number of Topliss-reactive ketones (excluding diaryl/α,β-unsaturated/α-hetero) is 1. The average molecular weight is 336 g/mol. The summed E-state index contributed by atoms with van der Waals surface area (Å²) >= 11 is 0. The second-order valence-electron chi connectivity index (χ2n) is 6.21. The third kappa shape index (κ3) is 3.02. The zero-order valence-corrected chi connectivity index (χ0v) is 14.3. The number of benzene rings is 1. The molecule has 22 heavy (non-hydrogen) atoms. The summed E-state index contributed by atoms with van der Waals surface area (Å²) in [6, 6.07) is 9.18. The molecule has 3 nitrogen and oxygen atoms in total. The van der Waals surface area contributed by atoms with E-state index in [-0.39, 0.29) is 35.7 Å². The third-order valence-corrected chi connectivity index (χ3v) is 5.00. The Morgan fingerprint density at radius 1 is 1.41 bits per heavy atom. The summed E-state index contributed by atoms with van der Waals surface area (Å²) in [5.74, 6) is -0.764. The SMILES string of the molecule is CCOC(=O)C1CCC2(CCCc3cc[c-]cc3C2)C1=O.[V]. The molecule has 2 aliphatic rings. The van der Waals surface area contributed by atoms with Crippen LogP contribution < -0.4 is 0 Å². The average Bonchev–Trinajstić information content (AvgIpc) is 2.68. The zero-order chi connectivity index (χ0) is 14.9. The Hall–Kier alpha value is -1.06. The predicted molar refractivity (Wildman–Crippen MR) is 78.7 cm³/mol. The van der Waals surface area contributed by atoms with Gasteiger partial charge in [0.25, 0.3) is 0 Å². The fourth-order valence-corrected chi connectivity index (χ4v) is 3.91. The molecule has 0 heterocycles. The van der Waals surface area contributed by atoms with Crippen LogP contribution in [0.3, 0.4) is 0 Å². The normalized spacial score (nSPS) is 27.0. The molecule has 1 saturated carbocycles. The Morgan fingerprint density at radius 3 is 3.00 bits per heavy atom. The van der Waals surface area contributed by atoms with Crippen molar-refractivity contribution in [3.05, 3.63) is 35.4 Å². The van der Waals surface area contributed by atoms with Crippen molar-refractivity contribution in [3.63, 3.8) is 0 Å². The van der Waals surface area contributed by atoms with E-state index in [0.717, 1.165) is 32.1 Å². The largest absolute Gasteiger partial charge is 0.465 e. The second kappa shape index (κ2) is 7.01. The summed E-state index contributed by atoms with van der Waals surface area (Å²) in [6.07, 6.45) is 5.12. The van der Waals surface area contributed by atoms with E-state index in [9.17, 15) is 9.59 Å². The Morgan fingerprint density at radius 2 is 2.23 bits per heavy atom. The van der Waals surface area contributed by atoms with Gasteiger partial charge in [0.2, 0.25) is 0 Å². The van der Waals surface area contributed by atoms with Crippen molar-refractivity contribution in [2.75, 3.05) is 6.61 Å². The van der Waals surface area contributed by atoms with Gasteiger partial charge < -0.3 is 4.74 Å². The minimum absolute atomic E-state index is 0. The number of carbonyl (C=O) groups is 2. The van der Waals surface area contributed by atoms with Gasteiger partial charge in [-0.1, -0.05) is 19.3 Å². The molecule has 1 radical (unpaired) electrons. The summed E-state index contributed by atoms with van der Waals surface area (Å²) in [4.78, 5) is 24.8. The van der Waals surface area contributed by atoms with Crippen LogP contribution in [0.1, 0.15) is 43.7 Å². The van der Waals surface area contributed by atoms with Crippen molar-refractivity contribution in [2.24, 2.45) is 11.3 Å². The number of hydrogen-bond donors (Lipinski definition) is 0. The molecule has 1 fully saturated rings. The molecule has 2 unspecified atom stereocenters. The van der Waals surface area contributed by atoms with E-state index in [1.807, 2.05) is 12.1 Å². The maximum Gasteiger partial charge on any atom is 0.316 e. The topological polar surface area (TPSA) is 43.4 Å². The zero-order valence-electron chi connectivity index (χ0n) is 12.9. The molecule has 0 N–H and O–H groups in total. The van der Waals surface area contributed by atoms with Crippen molar-refractivity contribution in [2.45, 2.75) is 45.4 Å². The molecule has 2 atom stereocenters. The third-order valence-electron chi connectivity index (χ3n) is 5.00.